The number of aliphatic hydroxyl groups is 1. The van der Waals surface area contributed by atoms with Gasteiger partial charge in [-0.1, -0.05) is 23.2 Å². The molecule has 0 amide bonds. The van der Waals surface area contributed by atoms with E-state index in [4.69, 9.17) is 40.5 Å². The van der Waals surface area contributed by atoms with Crippen LogP contribution < -0.4 is 5.73 Å². The van der Waals surface area contributed by atoms with Gasteiger partial charge in [-0.25, -0.2) is 4.98 Å². The molecular formula is C7H7Cl3N2O. The Labute approximate surface area is 90.4 Å². The SMILES string of the molecule is Nc1c(Cl)cc(C(O)CCl)nc1Cl. The zero-order valence-electron chi connectivity index (χ0n) is 6.47. The number of nitrogens with two attached hydrogens (primary N) is 1. The van der Waals surface area contributed by atoms with Crippen molar-refractivity contribution in [1.82, 2.24) is 4.98 Å². The lowest BCUT2D eigenvalue weighted by Gasteiger charge is -2.08. The van der Waals surface area contributed by atoms with Gasteiger partial charge < -0.3 is 10.8 Å². The van der Waals surface area contributed by atoms with Crippen LogP contribution in [0, 0.1) is 0 Å². The minimum atomic E-state index is -0.878. The Kier molecular flexibility index (Phi) is 3.62. The first-order valence-electron chi connectivity index (χ1n) is 3.41. The summed E-state index contributed by atoms with van der Waals surface area (Å²) >= 11 is 16.8. The highest BCUT2D eigenvalue weighted by atomic mass is 35.5. The Morgan fingerprint density at radius 1 is 1.54 bits per heavy atom. The standard InChI is InChI=1S/C7H7Cl3N2O/c8-2-5(13)4-1-3(9)6(11)7(10)12-4/h1,5,13H,2,11H2. The fourth-order valence-electron chi connectivity index (χ4n) is 0.762. The number of halogens is 3. The van der Waals surface area contributed by atoms with Crippen molar-refractivity contribution in [2.45, 2.75) is 6.10 Å². The van der Waals surface area contributed by atoms with Gasteiger partial charge in [0.25, 0.3) is 0 Å². The van der Waals surface area contributed by atoms with Gasteiger partial charge >= 0.3 is 0 Å². The van der Waals surface area contributed by atoms with Crippen LogP contribution in [-0.4, -0.2) is 16.0 Å². The summed E-state index contributed by atoms with van der Waals surface area (Å²) in [6, 6.07) is 1.44. The molecule has 0 saturated heterocycles. The third-order valence-electron chi connectivity index (χ3n) is 1.47. The highest BCUT2D eigenvalue weighted by molar-refractivity contribution is 6.38. The van der Waals surface area contributed by atoms with Crippen LogP contribution in [-0.2, 0) is 0 Å². The zero-order chi connectivity index (χ0) is 10.0. The number of nitrogen functional groups attached to an aromatic ring is 1. The zero-order valence-corrected chi connectivity index (χ0v) is 8.74. The molecule has 72 valence electrons. The molecule has 0 spiro atoms. The van der Waals surface area contributed by atoms with Gasteiger partial charge in [-0.2, -0.15) is 0 Å². The van der Waals surface area contributed by atoms with Crippen LogP contribution in [0.15, 0.2) is 6.07 Å². The minimum Gasteiger partial charge on any atom is -0.395 e. The lowest BCUT2D eigenvalue weighted by Crippen LogP contribution is -2.03. The third-order valence-corrected chi connectivity index (χ3v) is 2.36. The molecule has 0 aliphatic heterocycles. The maximum absolute atomic E-state index is 9.32. The second kappa shape index (κ2) is 4.33. The Morgan fingerprint density at radius 2 is 2.15 bits per heavy atom. The molecule has 1 unspecified atom stereocenters. The van der Waals surface area contributed by atoms with E-state index in [9.17, 15) is 5.11 Å². The molecule has 0 saturated carbocycles. The topological polar surface area (TPSA) is 59.1 Å². The number of pyridine rings is 1. The molecule has 1 aromatic heterocycles. The van der Waals surface area contributed by atoms with E-state index in [1.165, 1.54) is 6.07 Å². The van der Waals surface area contributed by atoms with Gasteiger partial charge in [0.15, 0.2) is 5.15 Å². The molecule has 0 fully saturated rings. The summed E-state index contributed by atoms with van der Waals surface area (Å²) in [5.41, 5.74) is 5.97. The van der Waals surface area contributed by atoms with Crippen LogP contribution in [0.25, 0.3) is 0 Å². The molecule has 13 heavy (non-hydrogen) atoms. The summed E-state index contributed by atoms with van der Waals surface area (Å²) in [6.07, 6.45) is -0.878. The molecule has 0 aliphatic rings. The average Bonchev–Trinajstić information content (AvgIpc) is 2.12. The number of anilines is 1. The van der Waals surface area contributed by atoms with Gasteiger partial charge in [-0.3, -0.25) is 0 Å². The quantitative estimate of drug-likeness (QED) is 0.617. The second-order valence-electron chi connectivity index (χ2n) is 2.40. The van der Waals surface area contributed by atoms with E-state index in [1.54, 1.807) is 0 Å². The summed E-state index contributed by atoms with van der Waals surface area (Å²) in [6.45, 7) is 0. The number of hydrogen-bond donors (Lipinski definition) is 2. The Hall–Kier alpha value is -0.220. The fraction of sp³-hybridized carbons (Fsp3) is 0.286. The highest BCUT2D eigenvalue weighted by Gasteiger charge is 2.12. The van der Waals surface area contributed by atoms with Crippen LogP contribution >= 0.6 is 34.8 Å². The molecule has 1 aromatic rings. The van der Waals surface area contributed by atoms with Crippen LogP contribution in [0.5, 0.6) is 0 Å². The molecule has 3 nitrogen and oxygen atoms in total. The van der Waals surface area contributed by atoms with Crippen LogP contribution in [0.2, 0.25) is 10.2 Å². The van der Waals surface area contributed by atoms with Crippen molar-refractivity contribution in [3.05, 3.63) is 21.9 Å². The Bertz CT molecular complexity index is 296. The number of hydrogen-bond acceptors (Lipinski definition) is 3. The van der Waals surface area contributed by atoms with Crippen molar-refractivity contribution in [2.75, 3.05) is 11.6 Å². The fourth-order valence-corrected chi connectivity index (χ4v) is 1.37. The first-order valence-corrected chi connectivity index (χ1v) is 4.70. The normalized spacial score (nSPS) is 12.9. The summed E-state index contributed by atoms with van der Waals surface area (Å²) in [4.78, 5) is 3.83. The van der Waals surface area contributed by atoms with Crippen molar-refractivity contribution in [2.24, 2.45) is 0 Å². The van der Waals surface area contributed by atoms with E-state index < -0.39 is 6.10 Å². The minimum absolute atomic E-state index is 0.0313. The molecule has 0 aromatic carbocycles. The second-order valence-corrected chi connectivity index (χ2v) is 3.48. The van der Waals surface area contributed by atoms with Crippen LogP contribution in [0.1, 0.15) is 11.8 Å². The number of rotatable bonds is 2. The molecule has 1 heterocycles. The first-order chi connectivity index (χ1) is 6.06. The van der Waals surface area contributed by atoms with E-state index in [2.05, 4.69) is 4.98 Å². The maximum atomic E-state index is 9.32. The third kappa shape index (κ3) is 2.38. The van der Waals surface area contributed by atoms with Crippen molar-refractivity contribution >= 4 is 40.5 Å². The van der Waals surface area contributed by atoms with Crippen molar-refractivity contribution in [3.8, 4) is 0 Å². The largest absolute Gasteiger partial charge is 0.395 e. The van der Waals surface area contributed by atoms with Gasteiger partial charge in [-0.05, 0) is 6.07 Å². The smallest absolute Gasteiger partial charge is 0.153 e. The van der Waals surface area contributed by atoms with E-state index in [0.29, 0.717) is 5.69 Å². The van der Waals surface area contributed by atoms with E-state index >= 15 is 0 Å². The van der Waals surface area contributed by atoms with Gasteiger partial charge in [-0.15, -0.1) is 11.6 Å². The van der Waals surface area contributed by atoms with E-state index in [-0.39, 0.29) is 21.7 Å². The highest BCUT2D eigenvalue weighted by Crippen LogP contribution is 2.28. The van der Waals surface area contributed by atoms with Crippen LogP contribution in [0.3, 0.4) is 0 Å². The number of nitrogens with zero attached hydrogens (tertiary/aromatic N) is 1. The van der Waals surface area contributed by atoms with Crippen molar-refractivity contribution in [3.63, 3.8) is 0 Å². The molecular weight excluding hydrogens is 234 g/mol. The van der Waals surface area contributed by atoms with Gasteiger partial charge in [0.05, 0.1) is 22.3 Å². The first kappa shape index (κ1) is 10.9. The summed E-state index contributed by atoms with van der Waals surface area (Å²) in [5.74, 6) is 0.0313. The number of aromatic nitrogens is 1. The average molecular weight is 242 g/mol. The lowest BCUT2D eigenvalue weighted by molar-refractivity contribution is 0.198. The van der Waals surface area contributed by atoms with Crippen LogP contribution in [0.4, 0.5) is 5.69 Å². The van der Waals surface area contributed by atoms with Crippen molar-refractivity contribution < 1.29 is 5.11 Å². The molecule has 1 rings (SSSR count). The monoisotopic (exact) mass is 240 g/mol. The molecule has 3 N–H and O–H groups in total. The number of aliphatic hydroxyl groups excluding tert-OH is 1. The van der Waals surface area contributed by atoms with Gasteiger partial charge in [0.1, 0.15) is 6.10 Å². The Morgan fingerprint density at radius 3 is 2.62 bits per heavy atom. The van der Waals surface area contributed by atoms with Crippen molar-refractivity contribution in [1.29, 1.82) is 0 Å². The van der Waals surface area contributed by atoms with Gasteiger partial charge in [0, 0.05) is 0 Å². The molecule has 0 aliphatic carbocycles. The maximum Gasteiger partial charge on any atom is 0.153 e. The predicted molar refractivity (Wildman–Crippen MR) is 54.3 cm³/mol. The van der Waals surface area contributed by atoms with Gasteiger partial charge in [0.2, 0.25) is 0 Å². The summed E-state index contributed by atoms with van der Waals surface area (Å²) in [5, 5.41) is 9.66. The summed E-state index contributed by atoms with van der Waals surface area (Å²) < 4.78 is 0. The predicted octanol–water partition coefficient (Wildman–Crippen LogP) is 2.24. The molecule has 0 radical (unpaired) electrons. The Balaban J connectivity index is 3.13. The number of alkyl halides is 1. The molecule has 6 heteroatoms. The summed E-state index contributed by atoms with van der Waals surface area (Å²) in [7, 11) is 0. The molecule has 0 bridgehead atoms. The van der Waals surface area contributed by atoms with E-state index in [0.717, 1.165) is 0 Å². The lowest BCUT2D eigenvalue weighted by atomic mass is 10.2. The molecule has 1 atom stereocenters. The van der Waals surface area contributed by atoms with E-state index in [1.807, 2.05) is 0 Å².